The summed E-state index contributed by atoms with van der Waals surface area (Å²) in [7, 11) is 1.72. The summed E-state index contributed by atoms with van der Waals surface area (Å²) >= 11 is 0. The second-order valence-electron chi connectivity index (χ2n) is 5.89. The van der Waals surface area contributed by atoms with Crippen molar-refractivity contribution in [2.24, 2.45) is 0 Å². The average molecular weight is 278 g/mol. The van der Waals surface area contributed by atoms with Crippen LogP contribution < -0.4 is 15.0 Å². The fourth-order valence-corrected chi connectivity index (χ4v) is 2.57. The molecule has 0 spiro atoms. The highest BCUT2D eigenvalue weighted by Gasteiger charge is 2.27. The largest absolute Gasteiger partial charge is 0.491 e. The van der Waals surface area contributed by atoms with Crippen molar-refractivity contribution < 1.29 is 9.47 Å². The van der Waals surface area contributed by atoms with Gasteiger partial charge in [0.05, 0.1) is 12.3 Å². The van der Waals surface area contributed by atoms with Crippen LogP contribution in [0.25, 0.3) is 0 Å². The molecule has 0 radical (unpaired) electrons. The molecular weight excluding hydrogens is 252 g/mol. The number of benzene rings is 1. The Morgan fingerprint density at radius 3 is 2.80 bits per heavy atom. The molecular formula is C16H26N2O2. The number of rotatable bonds is 6. The van der Waals surface area contributed by atoms with E-state index >= 15 is 0 Å². The minimum Gasteiger partial charge on any atom is -0.491 e. The Labute approximate surface area is 122 Å². The average Bonchev–Trinajstić information content (AvgIpc) is 2.43. The molecule has 1 saturated heterocycles. The smallest absolute Gasteiger partial charge is 0.142 e. The predicted octanol–water partition coefficient (Wildman–Crippen LogP) is 2.29. The zero-order valence-corrected chi connectivity index (χ0v) is 12.8. The Morgan fingerprint density at radius 1 is 1.25 bits per heavy atom. The zero-order chi connectivity index (χ0) is 14.4. The van der Waals surface area contributed by atoms with E-state index < -0.39 is 0 Å². The van der Waals surface area contributed by atoms with Gasteiger partial charge in [0, 0.05) is 45.3 Å². The monoisotopic (exact) mass is 278 g/mol. The molecule has 0 saturated carbocycles. The lowest BCUT2D eigenvalue weighted by Gasteiger charge is -2.40. The van der Waals surface area contributed by atoms with Crippen LogP contribution in [0.3, 0.4) is 0 Å². The van der Waals surface area contributed by atoms with Crippen LogP contribution in [0.1, 0.15) is 20.3 Å². The molecule has 1 aliphatic heterocycles. The van der Waals surface area contributed by atoms with Crippen LogP contribution >= 0.6 is 0 Å². The van der Waals surface area contributed by atoms with Crippen molar-refractivity contribution in [2.75, 3.05) is 44.9 Å². The van der Waals surface area contributed by atoms with Crippen LogP contribution in [-0.4, -0.2) is 45.5 Å². The molecule has 0 aliphatic carbocycles. The lowest BCUT2D eigenvalue weighted by Crippen LogP contribution is -2.57. The summed E-state index contributed by atoms with van der Waals surface area (Å²) < 4.78 is 11.0. The van der Waals surface area contributed by atoms with E-state index in [4.69, 9.17) is 9.47 Å². The van der Waals surface area contributed by atoms with E-state index in [0.29, 0.717) is 6.61 Å². The summed E-state index contributed by atoms with van der Waals surface area (Å²) in [6.45, 7) is 8.92. The molecule has 1 aromatic carbocycles. The number of methoxy groups -OCH3 is 1. The van der Waals surface area contributed by atoms with Crippen molar-refractivity contribution in [1.29, 1.82) is 0 Å². The zero-order valence-electron chi connectivity index (χ0n) is 12.8. The van der Waals surface area contributed by atoms with Crippen molar-refractivity contribution in [3.8, 4) is 5.75 Å². The quantitative estimate of drug-likeness (QED) is 0.810. The molecule has 0 aromatic heterocycles. The number of anilines is 1. The standard InChI is InChI=1S/C16H26N2O2/c1-16(2)13-18(10-9-17-16)14-7-4-5-8-15(14)20-12-6-11-19-3/h4-5,7-8,17H,6,9-13H2,1-3H3. The Hall–Kier alpha value is -1.26. The maximum Gasteiger partial charge on any atom is 0.142 e. The highest BCUT2D eigenvalue weighted by Crippen LogP contribution is 2.30. The molecule has 0 amide bonds. The normalized spacial score (nSPS) is 18.1. The molecule has 1 fully saturated rings. The van der Waals surface area contributed by atoms with Gasteiger partial charge >= 0.3 is 0 Å². The van der Waals surface area contributed by atoms with Crippen LogP contribution in [0.5, 0.6) is 5.75 Å². The minimum absolute atomic E-state index is 0.140. The van der Waals surface area contributed by atoms with Gasteiger partial charge in [0.1, 0.15) is 5.75 Å². The Balaban J connectivity index is 2.03. The van der Waals surface area contributed by atoms with Crippen LogP contribution in [0.4, 0.5) is 5.69 Å². The van der Waals surface area contributed by atoms with Gasteiger partial charge in [-0.2, -0.15) is 0 Å². The molecule has 0 unspecified atom stereocenters. The fourth-order valence-electron chi connectivity index (χ4n) is 2.57. The summed E-state index contributed by atoms with van der Waals surface area (Å²) in [5, 5.41) is 3.54. The number of ether oxygens (including phenoxy) is 2. The molecule has 0 atom stereocenters. The van der Waals surface area contributed by atoms with Crippen LogP contribution in [0.15, 0.2) is 24.3 Å². The Kier molecular flexibility index (Phi) is 5.26. The molecule has 2 rings (SSSR count). The van der Waals surface area contributed by atoms with Crippen LogP contribution in [0.2, 0.25) is 0 Å². The Morgan fingerprint density at radius 2 is 2.05 bits per heavy atom. The van der Waals surface area contributed by atoms with Gasteiger partial charge in [-0.25, -0.2) is 0 Å². The number of hydrogen-bond donors (Lipinski definition) is 1. The second-order valence-corrected chi connectivity index (χ2v) is 5.89. The van der Waals surface area contributed by atoms with Gasteiger partial charge < -0.3 is 19.7 Å². The van der Waals surface area contributed by atoms with Gasteiger partial charge in [-0.15, -0.1) is 0 Å². The number of nitrogens with zero attached hydrogens (tertiary/aromatic N) is 1. The molecule has 112 valence electrons. The van der Waals surface area contributed by atoms with Crippen molar-refractivity contribution in [2.45, 2.75) is 25.8 Å². The van der Waals surface area contributed by atoms with Gasteiger partial charge in [-0.3, -0.25) is 0 Å². The molecule has 1 aromatic rings. The highest BCUT2D eigenvalue weighted by atomic mass is 16.5. The first-order chi connectivity index (χ1) is 9.62. The van der Waals surface area contributed by atoms with Crippen molar-refractivity contribution >= 4 is 5.69 Å². The van der Waals surface area contributed by atoms with Crippen molar-refractivity contribution in [3.05, 3.63) is 24.3 Å². The third kappa shape index (κ3) is 4.12. The molecule has 4 nitrogen and oxygen atoms in total. The summed E-state index contributed by atoms with van der Waals surface area (Å²) in [6.07, 6.45) is 0.915. The van der Waals surface area contributed by atoms with Gasteiger partial charge in [-0.05, 0) is 26.0 Å². The lowest BCUT2D eigenvalue weighted by atomic mass is 10.0. The summed E-state index contributed by atoms with van der Waals surface area (Å²) in [4.78, 5) is 2.40. The number of piperazine rings is 1. The topological polar surface area (TPSA) is 33.7 Å². The van der Waals surface area contributed by atoms with E-state index in [-0.39, 0.29) is 5.54 Å². The first-order valence-electron chi connectivity index (χ1n) is 7.33. The summed E-state index contributed by atoms with van der Waals surface area (Å²) in [5.74, 6) is 0.973. The number of para-hydroxylation sites is 2. The third-order valence-corrected chi connectivity index (χ3v) is 3.53. The molecule has 0 bridgehead atoms. The highest BCUT2D eigenvalue weighted by molar-refractivity contribution is 5.59. The second kappa shape index (κ2) is 6.95. The third-order valence-electron chi connectivity index (χ3n) is 3.53. The lowest BCUT2D eigenvalue weighted by molar-refractivity contribution is 0.172. The van der Waals surface area contributed by atoms with E-state index in [9.17, 15) is 0 Å². The SMILES string of the molecule is COCCCOc1ccccc1N1CCNC(C)(C)C1. The molecule has 1 N–H and O–H groups in total. The molecule has 1 aliphatic rings. The van der Waals surface area contributed by atoms with E-state index in [1.807, 2.05) is 6.07 Å². The van der Waals surface area contributed by atoms with Gasteiger partial charge in [0.15, 0.2) is 0 Å². The fraction of sp³-hybridized carbons (Fsp3) is 0.625. The van der Waals surface area contributed by atoms with E-state index in [2.05, 4.69) is 42.3 Å². The van der Waals surface area contributed by atoms with E-state index in [1.165, 1.54) is 5.69 Å². The van der Waals surface area contributed by atoms with Crippen LogP contribution in [0, 0.1) is 0 Å². The van der Waals surface area contributed by atoms with Crippen molar-refractivity contribution in [3.63, 3.8) is 0 Å². The molecule has 1 heterocycles. The summed E-state index contributed by atoms with van der Waals surface area (Å²) in [6, 6.07) is 8.30. The minimum atomic E-state index is 0.140. The number of hydrogen-bond acceptors (Lipinski definition) is 4. The first kappa shape index (κ1) is 15.1. The first-order valence-corrected chi connectivity index (χ1v) is 7.33. The van der Waals surface area contributed by atoms with Gasteiger partial charge in [0.25, 0.3) is 0 Å². The van der Waals surface area contributed by atoms with E-state index in [1.54, 1.807) is 7.11 Å². The Bertz CT molecular complexity index is 421. The van der Waals surface area contributed by atoms with Crippen LogP contribution in [-0.2, 0) is 4.74 Å². The maximum absolute atomic E-state index is 5.92. The van der Waals surface area contributed by atoms with E-state index in [0.717, 1.165) is 38.4 Å². The van der Waals surface area contributed by atoms with Crippen molar-refractivity contribution in [1.82, 2.24) is 5.32 Å². The maximum atomic E-state index is 5.92. The molecule has 20 heavy (non-hydrogen) atoms. The number of nitrogens with one attached hydrogen (secondary N) is 1. The van der Waals surface area contributed by atoms with Gasteiger partial charge in [-0.1, -0.05) is 12.1 Å². The molecule has 4 heteroatoms. The summed E-state index contributed by atoms with van der Waals surface area (Å²) in [5.41, 5.74) is 1.33. The predicted molar refractivity (Wildman–Crippen MR) is 82.7 cm³/mol. The van der Waals surface area contributed by atoms with Gasteiger partial charge in [0.2, 0.25) is 0 Å².